The fraction of sp³-hybridized carbons (Fsp3) is 0.286. The number of ether oxygens (including phenoxy) is 1. The number of nitriles is 2. The van der Waals surface area contributed by atoms with Crippen LogP contribution >= 0.6 is 0 Å². The molecule has 5 heteroatoms. The first-order valence-corrected chi connectivity index (χ1v) is 8.63. The van der Waals surface area contributed by atoms with E-state index in [1.54, 1.807) is 24.5 Å². The van der Waals surface area contributed by atoms with Gasteiger partial charge in [0.15, 0.2) is 5.75 Å². The summed E-state index contributed by atoms with van der Waals surface area (Å²) in [5.41, 5.74) is 3.35. The molecule has 1 heterocycles. The van der Waals surface area contributed by atoms with Gasteiger partial charge in [0.1, 0.15) is 5.69 Å². The molecule has 0 saturated carbocycles. The zero-order valence-electron chi connectivity index (χ0n) is 15.1. The minimum atomic E-state index is -0.215. The molecule has 1 aromatic carbocycles. The van der Waals surface area contributed by atoms with Crippen molar-refractivity contribution in [2.24, 2.45) is 5.92 Å². The van der Waals surface area contributed by atoms with Crippen molar-refractivity contribution in [1.82, 2.24) is 9.78 Å². The molecule has 0 aliphatic rings. The Morgan fingerprint density at radius 3 is 2.50 bits per heavy atom. The van der Waals surface area contributed by atoms with Gasteiger partial charge in [0.25, 0.3) is 0 Å². The third-order valence-electron chi connectivity index (χ3n) is 4.03. The molecule has 132 valence electrons. The highest BCUT2D eigenvalue weighted by Gasteiger charge is 2.17. The van der Waals surface area contributed by atoms with E-state index in [1.807, 2.05) is 29.8 Å². The van der Waals surface area contributed by atoms with Crippen LogP contribution in [0.4, 0.5) is 0 Å². The van der Waals surface area contributed by atoms with Crippen LogP contribution in [0.2, 0.25) is 0 Å². The lowest BCUT2D eigenvalue weighted by Gasteiger charge is -2.07. The Kier molecular flexibility index (Phi) is 6.76. The van der Waals surface area contributed by atoms with Gasteiger partial charge in [-0.15, -0.1) is 6.58 Å². The molecule has 0 radical (unpaired) electrons. The molecule has 0 aliphatic carbocycles. The fourth-order valence-corrected chi connectivity index (χ4v) is 2.58. The summed E-state index contributed by atoms with van der Waals surface area (Å²) in [6.45, 7) is 7.73. The van der Waals surface area contributed by atoms with Crippen LogP contribution in [-0.4, -0.2) is 9.78 Å². The largest absolute Gasteiger partial charge is 0.461 e. The van der Waals surface area contributed by atoms with Gasteiger partial charge in [0, 0.05) is 0 Å². The molecule has 1 aromatic heterocycles. The number of hydrogen-bond donors (Lipinski definition) is 0. The van der Waals surface area contributed by atoms with Crippen molar-refractivity contribution < 1.29 is 4.74 Å². The van der Waals surface area contributed by atoms with Crippen molar-refractivity contribution in [2.75, 3.05) is 0 Å². The topological polar surface area (TPSA) is 74.6 Å². The molecular formula is C21H22N4O. The van der Waals surface area contributed by atoms with Gasteiger partial charge >= 0.3 is 0 Å². The Labute approximate surface area is 154 Å². The summed E-state index contributed by atoms with van der Waals surface area (Å²) < 4.78 is 7.74. The summed E-state index contributed by atoms with van der Waals surface area (Å²) in [5.74, 6) is 0.537. The van der Waals surface area contributed by atoms with E-state index in [0.717, 1.165) is 35.7 Å². The number of hydrogen-bond acceptors (Lipinski definition) is 4. The summed E-state index contributed by atoms with van der Waals surface area (Å²) >= 11 is 0. The Balaban J connectivity index is 2.30. The predicted octanol–water partition coefficient (Wildman–Crippen LogP) is 4.48. The van der Waals surface area contributed by atoms with Gasteiger partial charge in [-0.2, -0.15) is 15.6 Å². The van der Waals surface area contributed by atoms with Crippen molar-refractivity contribution in [3.8, 4) is 23.6 Å². The van der Waals surface area contributed by atoms with Crippen LogP contribution in [0.1, 0.15) is 37.2 Å². The number of nitrogens with zero attached hydrogens (tertiary/aromatic N) is 4. The van der Waals surface area contributed by atoms with E-state index in [1.165, 1.54) is 0 Å². The van der Waals surface area contributed by atoms with Crippen LogP contribution in [0.15, 0.2) is 49.3 Å². The average Bonchev–Trinajstić information content (AvgIpc) is 3.05. The molecule has 2 rings (SSSR count). The summed E-state index contributed by atoms with van der Waals surface area (Å²) in [5, 5.41) is 22.6. The molecule has 26 heavy (non-hydrogen) atoms. The van der Waals surface area contributed by atoms with E-state index in [9.17, 15) is 0 Å². The highest BCUT2D eigenvalue weighted by atomic mass is 16.5. The molecule has 5 nitrogen and oxygen atoms in total. The van der Waals surface area contributed by atoms with E-state index < -0.39 is 0 Å². The van der Waals surface area contributed by atoms with Crippen LogP contribution < -0.4 is 4.74 Å². The van der Waals surface area contributed by atoms with Crippen LogP contribution in [0.3, 0.4) is 0 Å². The first-order chi connectivity index (χ1) is 12.7. The molecule has 0 N–H and O–H groups in total. The van der Waals surface area contributed by atoms with Crippen LogP contribution in [-0.2, 0) is 12.8 Å². The number of benzene rings is 1. The van der Waals surface area contributed by atoms with E-state index >= 15 is 0 Å². The SMILES string of the molecule is C=CC(C#N)C/C=C/Oc1c(CC)nn(-c2ccc(C#N)cc2)c1CC. The summed E-state index contributed by atoms with van der Waals surface area (Å²) in [6.07, 6.45) is 7.13. The zero-order chi connectivity index (χ0) is 18.9. The summed E-state index contributed by atoms with van der Waals surface area (Å²) in [4.78, 5) is 0. The molecule has 0 aliphatic heterocycles. The second-order valence-electron chi connectivity index (χ2n) is 5.70. The van der Waals surface area contributed by atoms with E-state index in [-0.39, 0.29) is 5.92 Å². The molecule has 0 amide bonds. The monoisotopic (exact) mass is 346 g/mol. The van der Waals surface area contributed by atoms with Crippen LogP contribution in [0.25, 0.3) is 5.69 Å². The van der Waals surface area contributed by atoms with Crippen molar-refractivity contribution in [2.45, 2.75) is 33.1 Å². The van der Waals surface area contributed by atoms with E-state index in [4.69, 9.17) is 15.3 Å². The fourth-order valence-electron chi connectivity index (χ4n) is 2.58. The average molecular weight is 346 g/mol. The third-order valence-corrected chi connectivity index (χ3v) is 4.03. The Hall–Kier alpha value is -3.31. The van der Waals surface area contributed by atoms with Crippen molar-refractivity contribution in [1.29, 1.82) is 10.5 Å². The maximum atomic E-state index is 8.96. The predicted molar refractivity (Wildman–Crippen MR) is 101 cm³/mol. The molecule has 0 saturated heterocycles. The van der Waals surface area contributed by atoms with E-state index in [2.05, 4.69) is 30.7 Å². The van der Waals surface area contributed by atoms with Crippen LogP contribution in [0.5, 0.6) is 5.75 Å². The minimum absolute atomic E-state index is 0.215. The second-order valence-corrected chi connectivity index (χ2v) is 5.70. The van der Waals surface area contributed by atoms with Gasteiger partial charge in [0.05, 0.1) is 41.3 Å². The van der Waals surface area contributed by atoms with Crippen LogP contribution in [0, 0.1) is 28.6 Å². The van der Waals surface area contributed by atoms with Crippen molar-refractivity contribution in [3.05, 3.63) is 66.2 Å². The first kappa shape index (κ1) is 19.0. The van der Waals surface area contributed by atoms with Crippen molar-refractivity contribution >= 4 is 0 Å². The third kappa shape index (κ3) is 4.20. The Morgan fingerprint density at radius 1 is 1.23 bits per heavy atom. The quantitative estimate of drug-likeness (QED) is 0.522. The molecule has 0 spiro atoms. The highest BCUT2D eigenvalue weighted by Crippen LogP contribution is 2.28. The van der Waals surface area contributed by atoms with Gasteiger partial charge in [-0.1, -0.05) is 19.9 Å². The molecule has 0 bridgehead atoms. The lowest BCUT2D eigenvalue weighted by Crippen LogP contribution is -2.02. The van der Waals surface area contributed by atoms with Gasteiger partial charge < -0.3 is 4.74 Å². The molecule has 1 unspecified atom stereocenters. The Bertz CT molecular complexity index is 863. The molecule has 1 atom stereocenters. The van der Waals surface area contributed by atoms with Gasteiger partial charge in [-0.05, 0) is 49.6 Å². The maximum Gasteiger partial charge on any atom is 0.171 e. The first-order valence-electron chi connectivity index (χ1n) is 8.63. The lowest BCUT2D eigenvalue weighted by atomic mass is 10.1. The zero-order valence-corrected chi connectivity index (χ0v) is 15.1. The smallest absolute Gasteiger partial charge is 0.171 e. The number of aryl methyl sites for hydroxylation is 1. The molecular weight excluding hydrogens is 324 g/mol. The summed E-state index contributed by atoms with van der Waals surface area (Å²) in [6, 6.07) is 11.6. The number of rotatable bonds is 8. The summed E-state index contributed by atoms with van der Waals surface area (Å²) in [7, 11) is 0. The lowest BCUT2D eigenvalue weighted by molar-refractivity contribution is 0.466. The van der Waals surface area contributed by atoms with Gasteiger partial charge in [-0.25, -0.2) is 4.68 Å². The van der Waals surface area contributed by atoms with Gasteiger partial charge in [0.2, 0.25) is 0 Å². The Morgan fingerprint density at radius 2 is 1.96 bits per heavy atom. The highest BCUT2D eigenvalue weighted by molar-refractivity contribution is 5.44. The normalized spacial score (nSPS) is 11.7. The molecule has 0 fully saturated rings. The van der Waals surface area contributed by atoms with Crippen molar-refractivity contribution in [3.63, 3.8) is 0 Å². The second kappa shape index (κ2) is 9.25. The number of allylic oxidation sites excluding steroid dienone is 2. The maximum absolute atomic E-state index is 8.96. The minimum Gasteiger partial charge on any atom is -0.461 e. The van der Waals surface area contributed by atoms with Gasteiger partial charge in [-0.3, -0.25) is 0 Å². The molecule has 2 aromatic rings. The standard InChI is InChI=1S/C21H22N4O/c1-4-16(14-22)8-7-13-26-21-19(5-2)24-25(20(21)6-3)18-11-9-17(15-23)10-12-18/h4,7,9-13,16H,1,5-6,8H2,2-3H3/b13-7+. The van der Waals surface area contributed by atoms with E-state index in [0.29, 0.717) is 12.0 Å². The number of aromatic nitrogens is 2.